The van der Waals surface area contributed by atoms with Crippen LogP contribution in [0.5, 0.6) is 0 Å². The van der Waals surface area contributed by atoms with Crippen molar-refractivity contribution in [3.63, 3.8) is 0 Å². The van der Waals surface area contributed by atoms with Crippen molar-refractivity contribution in [2.24, 2.45) is 0 Å². The maximum absolute atomic E-state index is 14.1. The van der Waals surface area contributed by atoms with Gasteiger partial charge in [0, 0.05) is 25.1 Å². The topological polar surface area (TPSA) is 131 Å². The maximum Gasteiger partial charge on any atom is 0.343 e. The van der Waals surface area contributed by atoms with Crippen LogP contribution in [0.3, 0.4) is 0 Å². The second-order valence-electron chi connectivity index (χ2n) is 5.57. The number of alkyl halides is 1. The average Bonchev–Trinajstić information content (AvgIpc) is 3.22. The van der Waals surface area contributed by atoms with Crippen LogP contribution in [0.1, 0.15) is 16.9 Å². The van der Waals surface area contributed by atoms with Gasteiger partial charge in [-0.25, -0.2) is 13.9 Å². The van der Waals surface area contributed by atoms with Gasteiger partial charge in [-0.2, -0.15) is 0 Å². The number of nitro groups is 1. The number of likely N-dealkylation sites (tertiary alicyclic amines) is 1. The van der Waals surface area contributed by atoms with Crippen LogP contribution in [0.25, 0.3) is 5.69 Å². The van der Waals surface area contributed by atoms with E-state index in [4.69, 9.17) is 5.11 Å². The molecule has 0 saturated carbocycles. The number of hydrogen-bond acceptors (Lipinski definition) is 6. The van der Waals surface area contributed by atoms with Gasteiger partial charge in [0.05, 0.1) is 23.4 Å². The fourth-order valence-electron chi connectivity index (χ4n) is 2.52. The number of halogens is 1. The third-order valence-electron chi connectivity index (χ3n) is 3.91. The summed E-state index contributed by atoms with van der Waals surface area (Å²) < 4.78 is 15.2. The number of hydrogen-bond donors (Lipinski definition) is 1. The zero-order chi connectivity index (χ0) is 18.2. The number of non-ortho nitro benzene ring substituents is 1. The van der Waals surface area contributed by atoms with Gasteiger partial charge in [0.2, 0.25) is 5.67 Å². The van der Waals surface area contributed by atoms with Crippen molar-refractivity contribution in [1.29, 1.82) is 0 Å². The molecule has 3 rings (SSSR count). The highest BCUT2D eigenvalue weighted by Crippen LogP contribution is 2.27. The minimum Gasteiger partial charge on any atom is -0.479 e. The van der Waals surface area contributed by atoms with E-state index < -0.39 is 29.0 Å². The Kier molecular flexibility index (Phi) is 3.91. The van der Waals surface area contributed by atoms with Gasteiger partial charge in [-0.05, 0) is 6.07 Å². The molecule has 0 aliphatic carbocycles. The summed E-state index contributed by atoms with van der Waals surface area (Å²) in [4.78, 5) is 34.5. The summed E-state index contributed by atoms with van der Waals surface area (Å²) in [6.07, 6.45) is 0.952. The van der Waals surface area contributed by atoms with Crippen LogP contribution in [-0.4, -0.2) is 60.6 Å². The Morgan fingerprint density at radius 3 is 2.80 bits per heavy atom. The highest BCUT2D eigenvalue weighted by atomic mass is 19.1. The van der Waals surface area contributed by atoms with Crippen LogP contribution in [0.2, 0.25) is 0 Å². The number of rotatable bonds is 4. The fraction of sp³-hybridized carbons (Fsp3) is 0.286. The van der Waals surface area contributed by atoms with Crippen molar-refractivity contribution in [3.8, 4) is 5.69 Å². The molecule has 130 valence electrons. The van der Waals surface area contributed by atoms with Gasteiger partial charge >= 0.3 is 5.97 Å². The predicted molar refractivity (Wildman–Crippen MR) is 80.0 cm³/mol. The van der Waals surface area contributed by atoms with Gasteiger partial charge in [-0.15, -0.1) is 5.10 Å². The van der Waals surface area contributed by atoms with E-state index in [0.29, 0.717) is 5.69 Å². The number of amides is 1. The van der Waals surface area contributed by atoms with E-state index in [1.54, 1.807) is 6.07 Å². The largest absolute Gasteiger partial charge is 0.479 e. The number of aliphatic carboxylic acids is 1. The molecule has 1 aliphatic heterocycles. The minimum atomic E-state index is -2.47. The molecule has 2 heterocycles. The summed E-state index contributed by atoms with van der Waals surface area (Å²) in [6, 6.07) is 5.57. The van der Waals surface area contributed by atoms with Crippen molar-refractivity contribution >= 4 is 17.6 Å². The number of carboxylic acids is 1. The SMILES string of the molecule is O=C(c1cn(-c2cccc([N+](=O)[O-])c2)nn1)N1CCC(F)(C(=O)O)C1. The molecule has 1 aromatic heterocycles. The molecule has 0 radical (unpaired) electrons. The first kappa shape index (κ1) is 16.5. The number of carbonyl (C=O) groups excluding carboxylic acids is 1. The van der Waals surface area contributed by atoms with Crippen LogP contribution in [0.15, 0.2) is 30.5 Å². The van der Waals surface area contributed by atoms with Crippen molar-refractivity contribution in [2.75, 3.05) is 13.1 Å². The van der Waals surface area contributed by atoms with Crippen LogP contribution >= 0.6 is 0 Å². The molecule has 1 N–H and O–H groups in total. The van der Waals surface area contributed by atoms with Gasteiger partial charge in [0.25, 0.3) is 11.6 Å². The summed E-state index contributed by atoms with van der Waals surface area (Å²) in [5.74, 6) is -2.26. The minimum absolute atomic E-state index is 0.0503. The Balaban J connectivity index is 1.80. The number of aromatic nitrogens is 3. The van der Waals surface area contributed by atoms with Gasteiger partial charge in [-0.3, -0.25) is 14.9 Å². The van der Waals surface area contributed by atoms with E-state index in [2.05, 4.69) is 10.3 Å². The zero-order valence-electron chi connectivity index (χ0n) is 12.7. The lowest BCUT2D eigenvalue weighted by Crippen LogP contribution is -2.39. The van der Waals surface area contributed by atoms with E-state index in [0.717, 1.165) is 4.90 Å². The summed E-state index contributed by atoms with van der Waals surface area (Å²) in [7, 11) is 0. The monoisotopic (exact) mass is 349 g/mol. The molecule has 11 heteroatoms. The highest BCUT2D eigenvalue weighted by Gasteiger charge is 2.47. The summed E-state index contributed by atoms with van der Waals surface area (Å²) in [5, 5.41) is 27.1. The Morgan fingerprint density at radius 2 is 2.16 bits per heavy atom. The average molecular weight is 349 g/mol. The quantitative estimate of drug-likeness (QED) is 0.638. The molecule has 1 unspecified atom stereocenters. The lowest BCUT2D eigenvalue weighted by atomic mass is 10.1. The lowest BCUT2D eigenvalue weighted by Gasteiger charge is -2.16. The van der Waals surface area contributed by atoms with Crippen molar-refractivity contribution in [3.05, 3.63) is 46.3 Å². The third kappa shape index (κ3) is 3.03. The van der Waals surface area contributed by atoms with E-state index in [9.17, 15) is 24.1 Å². The molecule has 1 amide bonds. The first-order chi connectivity index (χ1) is 11.8. The third-order valence-corrected chi connectivity index (χ3v) is 3.91. The standard InChI is InChI=1S/C14H12FN5O5/c15-14(13(22)23)4-5-18(8-14)12(21)11-7-19(17-16-11)9-2-1-3-10(6-9)20(24)25/h1-3,6-7H,4-5,8H2,(H,22,23). The van der Waals surface area contributed by atoms with Gasteiger partial charge in [0.15, 0.2) is 5.69 Å². The molecule has 25 heavy (non-hydrogen) atoms. The Hall–Kier alpha value is -3.37. The molecule has 2 aromatic rings. The number of carbonyl (C=O) groups is 2. The zero-order valence-corrected chi connectivity index (χ0v) is 12.7. The van der Waals surface area contributed by atoms with E-state index in [1.165, 1.54) is 29.1 Å². The molecule has 1 aliphatic rings. The van der Waals surface area contributed by atoms with Crippen molar-refractivity contribution < 1.29 is 24.0 Å². The number of benzene rings is 1. The summed E-state index contributed by atoms with van der Waals surface area (Å²) >= 11 is 0. The van der Waals surface area contributed by atoms with Crippen LogP contribution < -0.4 is 0 Å². The van der Waals surface area contributed by atoms with Gasteiger partial charge in [-0.1, -0.05) is 11.3 Å². The summed E-state index contributed by atoms with van der Waals surface area (Å²) in [5.41, 5.74) is -2.40. The molecule has 0 bridgehead atoms. The van der Waals surface area contributed by atoms with E-state index >= 15 is 0 Å². The Labute approximate surface area is 139 Å². The Morgan fingerprint density at radius 1 is 1.40 bits per heavy atom. The molecule has 1 aromatic carbocycles. The van der Waals surface area contributed by atoms with Gasteiger partial charge in [0.1, 0.15) is 0 Å². The predicted octanol–water partition coefficient (Wildman–Crippen LogP) is 0.814. The second kappa shape index (κ2) is 5.92. The molecular weight excluding hydrogens is 337 g/mol. The normalized spacial score (nSPS) is 19.8. The lowest BCUT2D eigenvalue weighted by molar-refractivity contribution is -0.384. The summed E-state index contributed by atoms with van der Waals surface area (Å²) in [6.45, 7) is -0.615. The molecule has 1 fully saturated rings. The van der Waals surface area contributed by atoms with E-state index in [-0.39, 0.29) is 24.3 Å². The fourth-order valence-corrected chi connectivity index (χ4v) is 2.52. The smallest absolute Gasteiger partial charge is 0.343 e. The first-order valence-electron chi connectivity index (χ1n) is 7.19. The number of nitro benzene ring substituents is 1. The molecule has 10 nitrogen and oxygen atoms in total. The van der Waals surface area contributed by atoms with Crippen LogP contribution in [0, 0.1) is 10.1 Å². The Bertz CT molecular complexity index is 869. The number of nitrogens with zero attached hydrogens (tertiary/aromatic N) is 5. The second-order valence-corrected chi connectivity index (χ2v) is 5.57. The molecular formula is C14H12FN5O5. The number of carboxylic acid groups (broad SMARTS) is 1. The maximum atomic E-state index is 14.1. The molecule has 1 atom stereocenters. The molecule has 0 spiro atoms. The van der Waals surface area contributed by atoms with Crippen molar-refractivity contribution in [2.45, 2.75) is 12.1 Å². The molecule has 1 saturated heterocycles. The van der Waals surface area contributed by atoms with Gasteiger partial charge < -0.3 is 10.0 Å². The van der Waals surface area contributed by atoms with Crippen molar-refractivity contribution in [1.82, 2.24) is 19.9 Å². The van der Waals surface area contributed by atoms with E-state index in [1.807, 2.05) is 0 Å². The van der Waals surface area contributed by atoms with Crippen LogP contribution in [-0.2, 0) is 4.79 Å². The highest BCUT2D eigenvalue weighted by molar-refractivity contribution is 5.93. The van der Waals surface area contributed by atoms with Crippen LogP contribution in [0.4, 0.5) is 10.1 Å². The first-order valence-corrected chi connectivity index (χ1v) is 7.19.